The van der Waals surface area contributed by atoms with Crippen LogP contribution in [-0.4, -0.2) is 39.0 Å². The van der Waals surface area contributed by atoms with E-state index >= 15 is 0 Å². The van der Waals surface area contributed by atoms with Crippen molar-refractivity contribution in [3.63, 3.8) is 0 Å². The zero-order chi connectivity index (χ0) is 17.8. The van der Waals surface area contributed by atoms with E-state index < -0.39 is 24.0 Å². The molecule has 0 aliphatic heterocycles. The number of aromatic nitrogens is 3. The summed E-state index contributed by atoms with van der Waals surface area (Å²) in [6, 6.07) is 5.76. The van der Waals surface area contributed by atoms with Crippen molar-refractivity contribution in [2.24, 2.45) is 11.5 Å². The van der Waals surface area contributed by atoms with Gasteiger partial charge in [-0.25, -0.2) is 14.6 Å². The quantitative estimate of drug-likeness (QED) is 0.378. The maximum absolute atomic E-state index is 12.1. The van der Waals surface area contributed by atoms with Gasteiger partial charge in [0.1, 0.15) is 12.1 Å². The van der Waals surface area contributed by atoms with Crippen LogP contribution >= 0.6 is 0 Å². The first-order chi connectivity index (χ1) is 12.0. The molecule has 0 unspecified atom stereocenters. The molecule has 2 heterocycles. The number of hydrogen-bond acceptors (Lipinski definition) is 6. The summed E-state index contributed by atoms with van der Waals surface area (Å²) >= 11 is 0. The summed E-state index contributed by atoms with van der Waals surface area (Å²) in [5.41, 5.74) is 14.2. The van der Waals surface area contributed by atoms with Gasteiger partial charge in [0.25, 0.3) is 0 Å². The summed E-state index contributed by atoms with van der Waals surface area (Å²) in [5.74, 6) is -1.61. The number of hydrogen-bond donors (Lipinski definition) is 4. The first-order valence-electron chi connectivity index (χ1n) is 7.83. The van der Waals surface area contributed by atoms with Crippen molar-refractivity contribution in [3.05, 3.63) is 54.2 Å². The van der Waals surface area contributed by atoms with Crippen molar-refractivity contribution in [1.29, 1.82) is 0 Å². The molecule has 0 fully saturated rings. The molecular weight excluding hydrogens is 322 g/mol. The molecular formula is C17H19N5O3. The molecule has 2 atom stereocenters. The predicted octanol–water partition coefficient (Wildman–Crippen LogP) is 0.401. The molecule has 0 saturated carbocycles. The van der Waals surface area contributed by atoms with Crippen molar-refractivity contribution < 1.29 is 14.3 Å². The summed E-state index contributed by atoms with van der Waals surface area (Å²) in [6.45, 7) is 0. The monoisotopic (exact) mass is 341 g/mol. The number of nitrogens with zero attached hydrogens (tertiary/aromatic N) is 1. The number of fused-ring (bicyclic) bond motifs is 1. The normalized spacial score (nSPS) is 13.5. The van der Waals surface area contributed by atoms with Crippen LogP contribution in [0.25, 0.3) is 10.9 Å². The van der Waals surface area contributed by atoms with Gasteiger partial charge in [-0.2, -0.15) is 0 Å². The van der Waals surface area contributed by atoms with Gasteiger partial charge in [0, 0.05) is 41.8 Å². The van der Waals surface area contributed by atoms with Crippen molar-refractivity contribution in [2.75, 3.05) is 0 Å². The molecule has 0 bridgehead atoms. The first-order valence-corrected chi connectivity index (χ1v) is 7.83. The van der Waals surface area contributed by atoms with E-state index in [1.54, 1.807) is 12.4 Å². The number of rotatable bonds is 6. The van der Waals surface area contributed by atoms with E-state index in [9.17, 15) is 9.59 Å². The number of carbonyl (C=O) groups is 2. The van der Waals surface area contributed by atoms with E-state index in [1.807, 2.05) is 24.3 Å². The summed E-state index contributed by atoms with van der Waals surface area (Å²) < 4.78 is 4.81. The largest absolute Gasteiger partial charge is 0.391 e. The molecule has 8 heteroatoms. The van der Waals surface area contributed by atoms with Crippen molar-refractivity contribution in [1.82, 2.24) is 15.0 Å². The lowest BCUT2D eigenvalue weighted by Crippen LogP contribution is -2.41. The van der Waals surface area contributed by atoms with E-state index in [0.29, 0.717) is 5.69 Å². The minimum Gasteiger partial charge on any atom is -0.391 e. The topological polar surface area (TPSA) is 140 Å². The Kier molecular flexibility index (Phi) is 4.92. The molecule has 2 aromatic heterocycles. The SMILES string of the molecule is N[C@@H](Cc1cnc[nH]1)C(=O)OC(=O)[C@@H](N)Cc1c[nH]c2ccccc12. The molecule has 130 valence electrons. The minimum absolute atomic E-state index is 0.198. The smallest absolute Gasteiger partial charge is 0.330 e. The lowest BCUT2D eigenvalue weighted by atomic mass is 10.1. The number of benzene rings is 1. The summed E-state index contributed by atoms with van der Waals surface area (Å²) in [4.78, 5) is 33.8. The van der Waals surface area contributed by atoms with Gasteiger partial charge in [-0.05, 0) is 11.6 Å². The fraction of sp³-hybridized carbons (Fsp3) is 0.235. The van der Waals surface area contributed by atoms with Crippen LogP contribution < -0.4 is 11.5 Å². The fourth-order valence-electron chi connectivity index (χ4n) is 2.59. The number of para-hydroxylation sites is 1. The maximum atomic E-state index is 12.1. The molecule has 8 nitrogen and oxygen atoms in total. The van der Waals surface area contributed by atoms with Crippen LogP contribution in [0, 0.1) is 0 Å². The Hall–Kier alpha value is -2.97. The lowest BCUT2D eigenvalue weighted by Gasteiger charge is -2.13. The van der Waals surface area contributed by atoms with Gasteiger partial charge in [-0.15, -0.1) is 0 Å². The van der Waals surface area contributed by atoms with E-state index in [4.69, 9.17) is 16.2 Å². The minimum atomic E-state index is -0.968. The summed E-state index contributed by atoms with van der Waals surface area (Å²) in [5, 5.41) is 0.980. The zero-order valence-electron chi connectivity index (χ0n) is 13.4. The molecule has 1 aromatic carbocycles. The van der Waals surface area contributed by atoms with Gasteiger partial charge in [0.15, 0.2) is 0 Å². The van der Waals surface area contributed by atoms with Gasteiger partial charge in [-0.1, -0.05) is 18.2 Å². The molecule has 6 N–H and O–H groups in total. The van der Waals surface area contributed by atoms with E-state index in [2.05, 4.69) is 15.0 Å². The highest BCUT2D eigenvalue weighted by atomic mass is 16.6. The van der Waals surface area contributed by atoms with Crippen LogP contribution in [0.4, 0.5) is 0 Å². The third-order valence-electron chi connectivity index (χ3n) is 3.92. The van der Waals surface area contributed by atoms with E-state index in [0.717, 1.165) is 16.5 Å². The Bertz CT molecular complexity index is 871. The van der Waals surface area contributed by atoms with Crippen LogP contribution in [0.3, 0.4) is 0 Å². The number of ether oxygens (including phenoxy) is 1. The molecule has 0 saturated heterocycles. The lowest BCUT2D eigenvalue weighted by molar-refractivity contribution is -0.161. The van der Waals surface area contributed by atoms with Gasteiger partial charge in [0.2, 0.25) is 0 Å². The number of imidazole rings is 1. The summed E-state index contributed by atoms with van der Waals surface area (Å²) in [7, 11) is 0. The number of esters is 2. The Labute approximate surface area is 143 Å². The predicted molar refractivity (Wildman–Crippen MR) is 91.3 cm³/mol. The van der Waals surface area contributed by atoms with Crippen LogP contribution in [0.15, 0.2) is 43.0 Å². The standard InChI is InChI=1S/C17H19N5O3/c18-13(5-10-7-21-15-4-2-1-3-12(10)15)16(23)25-17(24)14(19)6-11-8-20-9-22-11/h1-4,7-9,13-14,21H,5-6,18-19H2,(H,20,22)/t13-,14-/m0/s1. The Morgan fingerprint density at radius 3 is 2.52 bits per heavy atom. The van der Waals surface area contributed by atoms with Crippen LogP contribution in [0.1, 0.15) is 11.3 Å². The third-order valence-corrected chi connectivity index (χ3v) is 3.92. The Balaban J connectivity index is 1.57. The van der Waals surface area contributed by atoms with Crippen LogP contribution in [0.5, 0.6) is 0 Å². The molecule has 3 aromatic rings. The maximum Gasteiger partial charge on any atom is 0.330 e. The zero-order valence-corrected chi connectivity index (χ0v) is 13.4. The second-order valence-corrected chi connectivity index (χ2v) is 5.80. The first kappa shape index (κ1) is 16.9. The highest BCUT2D eigenvalue weighted by Gasteiger charge is 2.24. The van der Waals surface area contributed by atoms with Gasteiger partial charge in [-0.3, -0.25) is 0 Å². The molecule has 3 rings (SSSR count). The number of aromatic amines is 2. The van der Waals surface area contributed by atoms with Crippen molar-refractivity contribution >= 4 is 22.8 Å². The number of carbonyl (C=O) groups excluding carboxylic acids is 2. The molecule has 25 heavy (non-hydrogen) atoms. The average Bonchev–Trinajstić information content (AvgIpc) is 3.25. The molecule has 0 spiro atoms. The van der Waals surface area contributed by atoms with Crippen molar-refractivity contribution in [3.8, 4) is 0 Å². The fourth-order valence-corrected chi connectivity index (χ4v) is 2.59. The number of nitrogens with one attached hydrogen (secondary N) is 2. The second-order valence-electron chi connectivity index (χ2n) is 5.80. The second kappa shape index (κ2) is 7.29. The number of nitrogens with two attached hydrogens (primary N) is 2. The Morgan fingerprint density at radius 2 is 1.80 bits per heavy atom. The van der Waals surface area contributed by atoms with E-state index in [-0.39, 0.29) is 12.8 Å². The number of H-pyrrole nitrogens is 2. The average molecular weight is 341 g/mol. The van der Waals surface area contributed by atoms with Crippen LogP contribution in [0.2, 0.25) is 0 Å². The summed E-state index contributed by atoms with van der Waals surface area (Å²) in [6.07, 6.45) is 5.28. The molecule has 0 aliphatic rings. The molecule has 0 amide bonds. The molecule has 0 radical (unpaired) electrons. The van der Waals surface area contributed by atoms with E-state index in [1.165, 1.54) is 6.33 Å². The van der Waals surface area contributed by atoms with Crippen LogP contribution in [-0.2, 0) is 27.2 Å². The highest BCUT2D eigenvalue weighted by molar-refractivity contribution is 5.91. The van der Waals surface area contributed by atoms with Gasteiger partial charge in [0.05, 0.1) is 6.33 Å². The van der Waals surface area contributed by atoms with Crippen molar-refractivity contribution in [2.45, 2.75) is 24.9 Å². The third kappa shape index (κ3) is 3.93. The molecule has 0 aliphatic carbocycles. The van der Waals surface area contributed by atoms with Gasteiger partial charge >= 0.3 is 11.9 Å². The highest BCUT2D eigenvalue weighted by Crippen LogP contribution is 2.19. The van der Waals surface area contributed by atoms with Gasteiger partial charge < -0.3 is 26.2 Å². The Morgan fingerprint density at radius 1 is 1.08 bits per heavy atom.